The third-order valence-corrected chi connectivity index (χ3v) is 5.76. The molecule has 1 aliphatic heterocycles. The largest absolute Gasteiger partial charge is 0.467 e. The van der Waals surface area contributed by atoms with Crippen LogP contribution in [0.2, 0.25) is 0 Å². The average Bonchev–Trinajstić information content (AvgIpc) is 2.82. The van der Waals surface area contributed by atoms with Crippen LogP contribution in [0.5, 0.6) is 0 Å². The van der Waals surface area contributed by atoms with Crippen molar-refractivity contribution >= 4 is 17.8 Å². The molecule has 8 heteroatoms. The number of nitrogens with zero attached hydrogens (tertiary/aromatic N) is 1. The van der Waals surface area contributed by atoms with Crippen molar-refractivity contribution in [3.63, 3.8) is 0 Å². The molecule has 0 fully saturated rings. The fraction of sp³-hybridized carbons (Fsp3) is 0.720. The zero-order chi connectivity index (χ0) is 23.9. The number of fused-ring (bicyclic) bond motifs is 1. The van der Waals surface area contributed by atoms with E-state index in [0.29, 0.717) is 19.6 Å². The summed E-state index contributed by atoms with van der Waals surface area (Å²) in [6.45, 7) is 6.04. The molecule has 1 aromatic heterocycles. The van der Waals surface area contributed by atoms with Crippen molar-refractivity contribution in [2.45, 2.75) is 90.1 Å². The van der Waals surface area contributed by atoms with Crippen LogP contribution in [0.25, 0.3) is 0 Å². The summed E-state index contributed by atoms with van der Waals surface area (Å²) in [7, 11) is 1.35. The van der Waals surface area contributed by atoms with Crippen LogP contribution in [-0.4, -0.2) is 55.9 Å². The molecule has 0 radical (unpaired) electrons. The third kappa shape index (κ3) is 10.4. The minimum absolute atomic E-state index is 0.129. The van der Waals surface area contributed by atoms with Crippen molar-refractivity contribution in [1.29, 1.82) is 0 Å². The lowest BCUT2D eigenvalue weighted by atomic mass is 10.0. The first kappa shape index (κ1) is 26.9. The molecule has 8 nitrogen and oxygen atoms in total. The number of aromatic nitrogens is 1. The van der Waals surface area contributed by atoms with Gasteiger partial charge in [-0.05, 0) is 57.1 Å². The van der Waals surface area contributed by atoms with Crippen LogP contribution in [0, 0.1) is 0 Å². The van der Waals surface area contributed by atoms with E-state index < -0.39 is 12.0 Å². The molecule has 0 spiro atoms. The van der Waals surface area contributed by atoms with Crippen molar-refractivity contribution in [1.82, 2.24) is 15.6 Å². The van der Waals surface area contributed by atoms with E-state index in [1.807, 2.05) is 13.8 Å². The van der Waals surface area contributed by atoms with Crippen LogP contribution >= 0.6 is 0 Å². The summed E-state index contributed by atoms with van der Waals surface area (Å²) in [4.78, 5) is 29.0. The molecule has 0 saturated heterocycles. The fourth-order valence-electron chi connectivity index (χ4n) is 3.95. The van der Waals surface area contributed by atoms with Crippen LogP contribution in [-0.2, 0) is 27.1 Å². The smallest absolute Gasteiger partial charge is 0.328 e. The molecule has 2 amide bonds. The molecule has 0 unspecified atom stereocenters. The molecule has 0 bridgehead atoms. The summed E-state index contributed by atoms with van der Waals surface area (Å²) in [5, 5.41) is 8.94. The molecule has 0 aromatic carbocycles. The summed E-state index contributed by atoms with van der Waals surface area (Å²) >= 11 is 0. The van der Waals surface area contributed by atoms with Crippen LogP contribution in [0.15, 0.2) is 12.1 Å². The molecule has 2 rings (SSSR count). The van der Waals surface area contributed by atoms with E-state index in [1.54, 1.807) is 0 Å². The zero-order valence-electron chi connectivity index (χ0n) is 20.6. The summed E-state index contributed by atoms with van der Waals surface area (Å²) in [5.74, 6) is 0.652. The Kier molecular flexibility index (Phi) is 12.6. The van der Waals surface area contributed by atoms with Gasteiger partial charge in [-0.15, -0.1) is 0 Å². The quantitative estimate of drug-likeness (QED) is 0.269. The van der Waals surface area contributed by atoms with Crippen molar-refractivity contribution in [3.8, 4) is 0 Å². The van der Waals surface area contributed by atoms with Gasteiger partial charge in [0.25, 0.3) is 0 Å². The monoisotopic (exact) mass is 462 g/mol. The highest BCUT2D eigenvalue weighted by atomic mass is 16.5. The Morgan fingerprint density at radius 3 is 2.73 bits per heavy atom. The fourth-order valence-corrected chi connectivity index (χ4v) is 3.95. The number of anilines is 1. The number of rotatable bonds is 15. The Labute approximate surface area is 198 Å². The molecular formula is C25H42N4O4. The van der Waals surface area contributed by atoms with E-state index in [9.17, 15) is 9.59 Å². The molecule has 33 heavy (non-hydrogen) atoms. The molecule has 186 valence electrons. The lowest BCUT2D eigenvalue weighted by Crippen LogP contribution is -2.49. The SMILES string of the molecule is CCCOC[C@H](C)NC(=O)N[C@@H](CCCCCCCc1ccc2c(n1)NCCC2)C(=O)OC. The topological polar surface area (TPSA) is 102 Å². The van der Waals surface area contributed by atoms with E-state index in [0.717, 1.165) is 69.4 Å². The number of hydrogen-bond acceptors (Lipinski definition) is 6. The Morgan fingerprint density at radius 2 is 1.94 bits per heavy atom. The first-order chi connectivity index (χ1) is 16.0. The number of carbonyl (C=O) groups is 2. The van der Waals surface area contributed by atoms with Gasteiger partial charge in [-0.1, -0.05) is 38.7 Å². The number of ether oxygens (including phenoxy) is 2. The van der Waals surface area contributed by atoms with Crippen LogP contribution < -0.4 is 16.0 Å². The summed E-state index contributed by atoms with van der Waals surface area (Å²) in [5.41, 5.74) is 2.48. The van der Waals surface area contributed by atoms with Gasteiger partial charge in [0.15, 0.2) is 0 Å². The molecule has 3 N–H and O–H groups in total. The van der Waals surface area contributed by atoms with E-state index in [-0.39, 0.29) is 12.1 Å². The Balaban J connectivity index is 1.61. The van der Waals surface area contributed by atoms with Crippen LogP contribution in [0.3, 0.4) is 0 Å². The van der Waals surface area contributed by atoms with E-state index in [4.69, 9.17) is 14.5 Å². The summed E-state index contributed by atoms with van der Waals surface area (Å²) in [6, 6.07) is 3.23. The normalized spacial score (nSPS) is 14.5. The molecule has 0 saturated carbocycles. The Morgan fingerprint density at radius 1 is 1.15 bits per heavy atom. The van der Waals surface area contributed by atoms with Crippen LogP contribution in [0.1, 0.15) is 76.5 Å². The second kappa shape index (κ2) is 15.5. The number of amides is 2. The van der Waals surface area contributed by atoms with Gasteiger partial charge in [0, 0.05) is 18.8 Å². The number of hydrogen-bond donors (Lipinski definition) is 3. The lowest BCUT2D eigenvalue weighted by molar-refractivity contribution is -0.143. The van der Waals surface area contributed by atoms with E-state index in [2.05, 4.69) is 28.1 Å². The zero-order valence-corrected chi connectivity index (χ0v) is 20.6. The minimum atomic E-state index is -0.633. The lowest BCUT2D eigenvalue weighted by Gasteiger charge is -2.19. The van der Waals surface area contributed by atoms with Crippen molar-refractivity contribution in [3.05, 3.63) is 23.4 Å². The standard InChI is InChI=1S/C25H42N4O4/c1-4-17-33-18-19(2)27-25(31)29-22(24(30)32-3)13-9-7-5-6-8-12-21-15-14-20-11-10-16-26-23(20)28-21/h14-15,19,22H,4-13,16-18H2,1-3H3,(H,26,28)(H2,27,29,31)/t19-,22-/m0/s1. The van der Waals surface area contributed by atoms with Gasteiger partial charge in [-0.25, -0.2) is 14.6 Å². The number of urea groups is 1. The summed E-state index contributed by atoms with van der Waals surface area (Å²) < 4.78 is 10.3. The van der Waals surface area contributed by atoms with Gasteiger partial charge in [-0.2, -0.15) is 0 Å². The number of esters is 1. The van der Waals surface area contributed by atoms with Gasteiger partial charge < -0.3 is 25.4 Å². The molecule has 1 aliphatic rings. The summed E-state index contributed by atoms with van der Waals surface area (Å²) in [6.07, 6.45) is 9.97. The van der Waals surface area contributed by atoms with Gasteiger partial charge in [0.05, 0.1) is 19.8 Å². The number of nitrogens with one attached hydrogen (secondary N) is 3. The first-order valence-corrected chi connectivity index (χ1v) is 12.5. The molecule has 2 heterocycles. The average molecular weight is 463 g/mol. The van der Waals surface area contributed by atoms with Gasteiger partial charge in [-0.3, -0.25) is 0 Å². The number of aryl methyl sites for hydroxylation is 2. The highest BCUT2D eigenvalue weighted by Crippen LogP contribution is 2.20. The van der Waals surface area contributed by atoms with Crippen LogP contribution in [0.4, 0.5) is 10.6 Å². The second-order valence-corrected chi connectivity index (χ2v) is 8.82. The molecule has 1 aromatic rings. The first-order valence-electron chi connectivity index (χ1n) is 12.5. The Hall–Kier alpha value is -2.35. The predicted octanol–water partition coefficient (Wildman–Crippen LogP) is 3.98. The maximum atomic E-state index is 12.2. The van der Waals surface area contributed by atoms with Gasteiger partial charge in [0.1, 0.15) is 11.9 Å². The predicted molar refractivity (Wildman–Crippen MR) is 130 cm³/mol. The van der Waals surface area contributed by atoms with Crippen molar-refractivity contribution in [2.75, 3.05) is 32.2 Å². The molecule has 0 aliphatic carbocycles. The number of pyridine rings is 1. The second-order valence-electron chi connectivity index (χ2n) is 8.82. The third-order valence-electron chi connectivity index (χ3n) is 5.76. The Bertz CT molecular complexity index is 728. The van der Waals surface area contributed by atoms with Gasteiger partial charge in [0.2, 0.25) is 0 Å². The van der Waals surface area contributed by atoms with E-state index in [1.165, 1.54) is 19.1 Å². The molecular weight excluding hydrogens is 420 g/mol. The number of unbranched alkanes of at least 4 members (excludes halogenated alkanes) is 4. The maximum Gasteiger partial charge on any atom is 0.328 e. The van der Waals surface area contributed by atoms with Crippen molar-refractivity contribution < 1.29 is 19.1 Å². The van der Waals surface area contributed by atoms with E-state index >= 15 is 0 Å². The highest BCUT2D eigenvalue weighted by molar-refractivity contribution is 5.83. The number of methoxy groups -OCH3 is 1. The number of carbonyl (C=O) groups excluding carboxylic acids is 2. The molecule has 2 atom stereocenters. The highest BCUT2D eigenvalue weighted by Gasteiger charge is 2.21. The maximum absolute atomic E-state index is 12.2. The van der Waals surface area contributed by atoms with Gasteiger partial charge >= 0.3 is 12.0 Å². The minimum Gasteiger partial charge on any atom is -0.467 e. The van der Waals surface area contributed by atoms with Crippen molar-refractivity contribution in [2.24, 2.45) is 0 Å².